The number of allylic oxidation sites excluding steroid dienone is 1. The lowest BCUT2D eigenvalue weighted by molar-refractivity contribution is 0.00528. The van der Waals surface area contributed by atoms with Crippen molar-refractivity contribution in [1.82, 2.24) is 19.9 Å². The largest absolute Gasteiger partial charge is 0.375 e. The molecule has 0 spiro atoms. The van der Waals surface area contributed by atoms with E-state index in [1.807, 2.05) is 18.0 Å². The zero-order valence-corrected chi connectivity index (χ0v) is 11.2. The van der Waals surface area contributed by atoms with Gasteiger partial charge in [0, 0.05) is 13.1 Å². The van der Waals surface area contributed by atoms with Crippen molar-refractivity contribution in [1.29, 1.82) is 0 Å². The molecular formula is C12H20N6O. The molecular weight excluding hydrogens is 244 g/mol. The molecule has 1 unspecified atom stereocenters. The SMILES string of the molecule is C=CCn1cc(CN=C(N)N2CCOC(C)C2)nn1. The summed E-state index contributed by atoms with van der Waals surface area (Å²) in [7, 11) is 0. The molecule has 1 saturated heterocycles. The molecule has 1 aliphatic heterocycles. The Morgan fingerprint density at radius 3 is 3.32 bits per heavy atom. The second-order valence-corrected chi connectivity index (χ2v) is 4.52. The summed E-state index contributed by atoms with van der Waals surface area (Å²) in [5.74, 6) is 0.536. The summed E-state index contributed by atoms with van der Waals surface area (Å²) in [5, 5.41) is 7.99. The van der Waals surface area contributed by atoms with Crippen molar-refractivity contribution in [2.75, 3.05) is 19.7 Å². The highest BCUT2D eigenvalue weighted by atomic mass is 16.5. The summed E-state index contributed by atoms with van der Waals surface area (Å²) >= 11 is 0. The lowest BCUT2D eigenvalue weighted by Crippen LogP contribution is -2.47. The van der Waals surface area contributed by atoms with Crippen molar-refractivity contribution in [2.24, 2.45) is 10.7 Å². The Labute approximate surface area is 112 Å². The van der Waals surface area contributed by atoms with E-state index in [0.29, 0.717) is 25.7 Å². The molecule has 0 amide bonds. The monoisotopic (exact) mass is 264 g/mol. The van der Waals surface area contributed by atoms with Gasteiger partial charge in [0.05, 0.1) is 32.0 Å². The third kappa shape index (κ3) is 3.78. The third-order valence-corrected chi connectivity index (χ3v) is 2.87. The van der Waals surface area contributed by atoms with Crippen LogP contribution in [-0.2, 0) is 17.8 Å². The number of morpholine rings is 1. The standard InChI is InChI=1S/C12H20N6O/c1-3-4-18-9-11(15-16-18)7-14-12(13)17-5-6-19-10(2)8-17/h3,9-10H,1,4-8H2,2H3,(H2,13,14). The lowest BCUT2D eigenvalue weighted by atomic mass is 10.3. The van der Waals surface area contributed by atoms with Crippen molar-refractivity contribution < 1.29 is 4.74 Å². The van der Waals surface area contributed by atoms with Crippen molar-refractivity contribution >= 4 is 5.96 Å². The molecule has 2 N–H and O–H groups in total. The molecule has 0 aromatic carbocycles. The predicted molar refractivity (Wildman–Crippen MR) is 72.5 cm³/mol. The number of aliphatic imine (C=N–C) groups is 1. The number of hydrogen-bond acceptors (Lipinski definition) is 4. The Kier molecular flexibility index (Phi) is 4.51. The van der Waals surface area contributed by atoms with Gasteiger partial charge < -0.3 is 15.4 Å². The molecule has 2 rings (SSSR count). The first-order valence-electron chi connectivity index (χ1n) is 6.35. The number of nitrogens with two attached hydrogens (primary N) is 1. The van der Waals surface area contributed by atoms with E-state index < -0.39 is 0 Å². The smallest absolute Gasteiger partial charge is 0.191 e. The van der Waals surface area contributed by atoms with Crippen molar-refractivity contribution in [3.05, 3.63) is 24.5 Å². The molecule has 1 aromatic rings. The minimum Gasteiger partial charge on any atom is -0.375 e. The van der Waals surface area contributed by atoms with E-state index in [1.165, 1.54) is 0 Å². The molecule has 2 heterocycles. The van der Waals surface area contributed by atoms with Gasteiger partial charge in [0.25, 0.3) is 0 Å². The van der Waals surface area contributed by atoms with E-state index in [9.17, 15) is 0 Å². The summed E-state index contributed by atoms with van der Waals surface area (Å²) in [6.07, 6.45) is 3.81. The maximum atomic E-state index is 5.97. The average Bonchev–Trinajstić information content (AvgIpc) is 2.84. The number of nitrogens with zero attached hydrogens (tertiary/aromatic N) is 5. The zero-order chi connectivity index (χ0) is 13.7. The first kappa shape index (κ1) is 13.5. The van der Waals surface area contributed by atoms with Crippen molar-refractivity contribution in [3.63, 3.8) is 0 Å². The molecule has 0 radical (unpaired) electrons. The van der Waals surface area contributed by atoms with Crippen molar-refractivity contribution in [3.8, 4) is 0 Å². The lowest BCUT2D eigenvalue weighted by Gasteiger charge is -2.31. The van der Waals surface area contributed by atoms with Crippen LogP contribution in [0.3, 0.4) is 0 Å². The molecule has 7 heteroatoms. The highest BCUT2D eigenvalue weighted by molar-refractivity contribution is 5.78. The van der Waals surface area contributed by atoms with E-state index >= 15 is 0 Å². The van der Waals surface area contributed by atoms with Crippen LogP contribution < -0.4 is 5.73 Å². The highest BCUT2D eigenvalue weighted by Crippen LogP contribution is 2.04. The van der Waals surface area contributed by atoms with Gasteiger partial charge in [-0.15, -0.1) is 11.7 Å². The van der Waals surface area contributed by atoms with Gasteiger partial charge in [-0.1, -0.05) is 11.3 Å². The van der Waals surface area contributed by atoms with Crippen LogP contribution in [0.1, 0.15) is 12.6 Å². The number of ether oxygens (including phenoxy) is 1. The topological polar surface area (TPSA) is 81.6 Å². The molecule has 1 aromatic heterocycles. The minimum atomic E-state index is 0.191. The molecule has 0 aliphatic carbocycles. The highest BCUT2D eigenvalue weighted by Gasteiger charge is 2.17. The quantitative estimate of drug-likeness (QED) is 0.470. The fraction of sp³-hybridized carbons (Fsp3) is 0.583. The summed E-state index contributed by atoms with van der Waals surface area (Å²) in [5.41, 5.74) is 6.77. The van der Waals surface area contributed by atoms with Crippen molar-refractivity contribution in [2.45, 2.75) is 26.1 Å². The van der Waals surface area contributed by atoms with E-state index in [2.05, 4.69) is 21.9 Å². The summed E-state index contributed by atoms with van der Waals surface area (Å²) in [4.78, 5) is 6.38. The van der Waals surface area contributed by atoms with Crippen LogP contribution in [-0.4, -0.2) is 51.7 Å². The van der Waals surface area contributed by atoms with E-state index in [1.54, 1.807) is 10.8 Å². The van der Waals surface area contributed by atoms with Gasteiger partial charge in [0.2, 0.25) is 0 Å². The Hall–Kier alpha value is -1.89. The fourth-order valence-corrected chi connectivity index (χ4v) is 1.92. The van der Waals surface area contributed by atoms with Crippen LogP contribution >= 0.6 is 0 Å². The Morgan fingerprint density at radius 2 is 2.58 bits per heavy atom. The maximum absolute atomic E-state index is 5.97. The van der Waals surface area contributed by atoms with Crippen LogP contribution in [0.25, 0.3) is 0 Å². The predicted octanol–water partition coefficient (Wildman–Crippen LogP) is -0.000500. The van der Waals surface area contributed by atoms with Gasteiger partial charge in [0.15, 0.2) is 5.96 Å². The van der Waals surface area contributed by atoms with E-state index in [-0.39, 0.29) is 6.10 Å². The second kappa shape index (κ2) is 6.33. The van der Waals surface area contributed by atoms with Crippen LogP contribution in [0.4, 0.5) is 0 Å². The number of hydrogen-bond donors (Lipinski definition) is 1. The summed E-state index contributed by atoms with van der Waals surface area (Å²) < 4.78 is 7.18. The van der Waals surface area contributed by atoms with Gasteiger partial charge in [0.1, 0.15) is 5.69 Å². The van der Waals surface area contributed by atoms with Gasteiger partial charge in [-0.2, -0.15) is 0 Å². The molecule has 1 aliphatic rings. The second-order valence-electron chi connectivity index (χ2n) is 4.52. The van der Waals surface area contributed by atoms with Crippen LogP contribution in [0, 0.1) is 0 Å². The zero-order valence-electron chi connectivity index (χ0n) is 11.2. The molecule has 0 saturated carbocycles. The van der Waals surface area contributed by atoms with Gasteiger partial charge >= 0.3 is 0 Å². The maximum Gasteiger partial charge on any atom is 0.191 e. The molecule has 19 heavy (non-hydrogen) atoms. The van der Waals surface area contributed by atoms with Crippen LogP contribution in [0.15, 0.2) is 23.8 Å². The Balaban J connectivity index is 1.91. The van der Waals surface area contributed by atoms with E-state index in [0.717, 1.165) is 18.8 Å². The minimum absolute atomic E-state index is 0.191. The number of aromatic nitrogens is 3. The Morgan fingerprint density at radius 1 is 1.74 bits per heavy atom. The molecule has 7 nitrogen and oxygen atoms in total. The Bertz CT molecular complexity index is 455. The van der Waals surface area contributed by atoms with E-state index in [4.69, 9.17) is 10.5 Å². The number of rotatable bonds is 4. The van der Waals surface area contributed by atoms with Gasteiger partial charge in [-0.3, -0.25) is 0 Å². The van der Waals surface area contributed by atoms with Gasteiger partial charge in [-0.25, -0.2) is 9.67 Å². The molecule has 0 bridgehead atoms. The molecule has 1 fully saturated rings. The molecule has 1 atom stereocenters. The summed E-state index contributed by atoms with van der Waals surface area (Å²) in [6, 6.07) is 0. The van der Waals surface area contributed by atoms with Gasteiger partial charge in [-0.05, 0) is 6.92 Å². The average molecular weight is 264 g/mol. The summed E-state index contributed by atoms with van der Waals surface area (Å²) in [6.45, 7) is 9.01. The first-order valence-corrected chi connectivity index (χ1v) is 6.35. The molecule has 104 valence electrons. The normalized spacial score (nSPS) is 20.6. The third-order valence-electron chi connectivity index (χ3n) is 2.87. The van der Waals surface area contributed by atoms with Crippen LogP contribution in [0.5, 0.6) is 0 Å². The first-order chi connectivity index (χ1) is 9.19. The fourth-order valence-electron chi connectivity index (χ4n) is 1.92. The van der Waals surface area contributed by atoms with Crippen LogP contribution in [0.2, 0.25) is 0 Å². The number of guanidine groups is 1.